The Hall–Kier alpha value is -2.97. The molecule has 0 aliphatic carbocycles. The number of hydrogen-bond donors (Lipinski definition) is 2. The van der Waals surface area contributed by atoms with E-state index in [-0.39, 0.29) is 24.2 Å². The molecule has 2 aromatic carbocycles. The lowest BCUT2D eigenvalue weighted by molar-refractivity contribution is -0.137. The molecule has 0 saturated carbocycles. The van der Waals surface area contributed by atoms with E-state index < -0.39 is 47.0 Å². The molecule has 0 aromatic heterocycles. The predicted molar refractivity (Wildman–Crippen MR) is 88.9 cm³/mol. The quantitative estimate of drug-likeness (QED) is 0.614. The number of halogens is 5. The minimum absolute atomic E-state index is 0.00738. The molecule has 148 valence electrons. The van der Waals surface area contributed by atoms with Gasteiger partial charge in [-0.2, -0.15) is 13.2 Å². The number of hydrogen-bond acceptors (Lipinski definition) is 2. The van der Waals surface area contributed by atoms with E-state index in [1.54, 1.807) is 0 Å². The van der Waals surface area contributed by atoms with E-state index in [1.165, 1.54) is 24.3 Å². The first-order valence-corrected chi connectivity index (χ1v) is 8.34. The Morgan fingerprint density at radius 2 is 1.86 bits per heavy atom. The van der Waals surface area contributed by atoms with Crippen LogP contribution in [0, 0.1) is 17.6 Å². The lowest BCUT2D eigenvalue weighted by atomic mass is 9.87. The van der Waals surface area contributed by atoms with Crippen LogP contribution in [-0.4, -0.2) is 18.4 Å². The second-order valence-corrected chi connectivity index (χ2v) is 6.38. The van der Waals surface area contributed by atoms with E-state index >= 15 is 0 Å². The highest BCUT2D eigenvalue weighted by atomic mass is 19.4. The zero-order chi connectivity index (χ0) is 20.5. The molecule has 2 unspecified atom stereocenters. The molecule has 0 bridgehead atoms. The molecule has 2 amide bonds. The molecule has 9 heteroatoms. The molecule has 3 rings (SSSR count). The first-order chi connectivity index (χ1) is 13.2. The smallest absolute Gasteiger partial charge is 0.355 e. The molecule has 2 atom stereocenters. The van der Waals surface area contributed by atoms with E-state index in [0.29, 0.717) is 0 Å². The summed E-state index contributed by atoms with van der Waals surface area (Å²) < 4.78 is 65.7. The number of carbonyl (C=O) groups excluding carboxylic acids is 2. The van der Waals surface area contributed by atoms with Gasteiger partial charge < -0.3 is 10.6 Å². The average Bonchev–Trinajstić information content (AvgIpc) is 3.04. The Labute approximate surface area is 156 Å². The summed E-state index contributed by atoms with van der Waals surface area (Å²) in [6.07, 6.45) is -4.56. The Morgan fingerprint density at radius 3 is 2.57 bits per heavy atom. The van der Waals surface area contributed by atoms with E-state index in [0.717, 1.165) is 18.2 Å². The Balaban J connectivity index is 1.79. The van der Waals surface area contributed by atoms with Gasteiger partial charge in [-0.25, -0.2) is 8.78 Å². The Kier molecular flexibility index (Phi) is 5.35. The van der Waals surface area contributed by atoms with Crippen LogP contribution in [0.4, 0.5) is 22.0 Å². The minimum atomic E-state index is -4.56. The van der Waals surface area contributed by atoms with Crippen molar-refractivity contribution in [2.24, 2.45) is 5.92 Å². The third kappa shape index (κ3) is 3.97. The van der Waals surface area contributed by atoms with Crippen LogP contribution in [0.3, 0.4) is 0 Å². The van der Waals surface area contributed by atoms with Crippen LogP contribution in [0.5, 0.6) is 0 Å². The summed E-state index contributed by atoms with van der Waals surface area (Å²) in [5, 5.41) is 4.82. The zero-order valence-electron chi connectivity index (χ0n) is 14.3. The van der Waals surface area contributed by atoms with Crippen LogP contribution < -0.4 is 10.6 Å². The zero-order valence-corrected chi connectivity index (χ0v) is 14.3. The van der Waals surface area contributed by atoms with Gasteiger partial charge in [0, 0.05) is 24.6 Å². The van der Waals surface area contributed by atoms with Gasteiger partial charge in [-0.1, -0.05) is 30.3 Å². The summed E-state index contributed by atoms with van der Waals surface area (Å²) >= 11 is 0. The van der Waals surface area contributed by atoms with Crippen molar-refractivity contribution in [3.63, 3.8) is 0 Å². The molecule has 0 spiro atoms. The summed E-state index contributed by atoms with van der Waals surface area (Å²) in [6.45, 7) is -0.367. The summed E-state index contributed by atoms with van der Waals surface area (Å²) in [4.78, 5) is 24.6. The highest BCUT2D eigenvalue weighted by Gasteiger charge is 2.41. The molecule has 1 fully saturated rings. The van der Waals surface area contributed by atoms with Crippen molar-refractivity contribution in [1.82, 2.24) is 10.6 Å². The van der Waals surface area contributed by atoms with E-state index in [2.05, 4.69) is 10.6 Å². The van der Waals surface area contributed by atoms with Crippen molar-refractivity contribution >= 4 is 11.8 Å². The molecule has 0 radical (unpaired) electrons. The second kappa shape index (κ2) is 7.57. The fourth-order valence-corrected chi connectivity index (χ4v) is 3.16. The van der Waals surface area contributed by atoms with Crippen molar-refractivity contribution in [2.75, 3.05) is 6.54 Å². The van der Waals surface area contributed by atoms with Crippen LogP contribution in [0.15, 0.2) is 42.5 Å². The Bertz CT molecular complexity index is 913. The normalized spacial score (nSPS) is 19.4. The van der Waals surface area contributed by atoms with Gasteiger partial charge in [0.2, 0.25) is 11.8 Å². The highest BCUT2D eigenvalue weighted by molar-refractivity contribution is 6.03. The van der Waals surface area contributed by atoms with E-state index in [4.69, 9.17) is 0 Å². The van der Waals surface area contributed by atoms with Gasteiger partial charge in [0.25, 0.3) is 0 Å². The lowest BCUT2D eigenvalue weighted by Gasteiger charge is -2.18. The monoisotopic (exact) mass is 398 g/mol. The first-order valence-electron chi connectivity index (χ1n) is 8.34. The van der Waals surface area contributed by atoms with Gasteiger partial charge in [0.05, 0.1) is 5.56 Å². The van der Waals surface area contributed by atoms with Crippen LogP contribution in [-0.2, 0) is 22.3 Å². The fourth-order valence-electron chi connectivity index (χ4n) is 3.16. The second-order valence-electron chi connectivity index (χ2n) is 6.38. The SMILES string of the molecule is O=C(NCc1cccc(F)c1F)C1C(=O)NCC1c1cccc(C(F)(F)F)c1. The molecule has 4 nitrogen and oxygen atoms in total. The first kappa shape index (κ1) is 19.8. The molecule has 1 heterocycles. The maximum Gasteiger partial charge on any atom is 0.416 e. The number of rotatable bonds is 4. The number of amides is 2. The summed E-state index contributed by atoms with van der Waals surface area (Å²) in [5.41, 5.74) is -0.807. The number of carbonyl (C=O) groups is 2. The molecular weight excluding hydrogens is 383 g/mol. The molecule has 1 aliphatic heterocycles. The molecular formula is C19H15F5N2O2. The third-order valence-electron chi connectivity index (χ3n) is 4.59. The van der Waals surface area contributed by atoms with E-state index in [9.17, 15) is 31.5 Å². The third-order valence-corrected chi connectivity index (χ3v) is 4.59. The summed E-state index contributed by atoms with van der Waals surface area (Å²) in [6, 6.07) is 7.89. The number of alkyl halides is 3. The van der Waals surface area contributed by atoms with Crippen molar-refractivity contribution in [3.8, 4) is 0 Å². The van der Waals surface area contributed by atoms with Crippen LogP contribution >= 0.6 is 0 Å². The largest absolute Gasteiger partial charge is 0.416 e. The van der Waals surface area contributed by atoms with Gasteiger partial charge in [0.1, 0.15) is 5.92 Å². The molecule has 28 heavy (non-hydrogen) atoms. The average molecular weight is 398 g/mol. The molecule has 2 N–H and O–H groups in total. The minimum Gasteiger partial charge on any atom is -0.355 e. The predicted octanol–water partition coefficient (Wildman–Crippen LogP) is 3.13. The van der Waals surface area contributed by atoms with Gasteiger partial charge in [0.15, 0.2) is 11.6 Å². The van der Waals surface area contributed by atoms with Crippen LogP contribution in [0.1, 0.15) is 22.6 Å². The van der Waals surface area contributed by atoms with Gasteiger partial charge >= 0.3 is 6.18 Å². The lowest BCUT2D eigenvalue weighted by Crippen LogP contribution is -2.37. The van der Waals surface area contributed by atoms with Crippen molar-refractivity contribution in [3.05, 3.63) is 70.8 Å². The summed E-state index contributed by atoms with van der Waals surface area (Å²) in [5.74, 6) is -5.70. The number of nitrogens with one attached hydrogen (secondary N) is 2. The topological polar surface area (TPSA) is 58.2 Å². The molecule has 2 aromatic rings. The molecule has 1 aliphatic rings. The van der Waals surface area contributed by atoms with Crippen molar-refractivity contribution in [2.45, 2.75) is 18.6 Å². The standard InChI is InChI=1S/C19H15F5N2O2/c20-14-6-2-4-11(16(14)21)8-25-17(27)15-13(9-26-18(15)28)10-3-1-5-12(7-10)19(22,23)24/h1-7,13,15H,8-9H2,(H,25,27)(H,26,28). The maximum atomic E-state index is 13.7. The maximum absolute atomic E-state index is 13.7. The number of benzene rings is 2. The van der Waals surface area contributed by atoms with Crippen molar-refractivity contribution in [1.29, 1.82) is 0 Å². The Morgan fingerprint density at radius 1 is 1.14 bits per heavy atom. The van der Waals surface area contributed by atoms with Gasteiger partial charge in [-0.05, 0) is 17.7 Å². The summed E-state index contributed by atoms with van der Waals surface area (Å²) in [7, 11) is 0. The fraction of sp³-hybridized carbons (Fsp3) is 0.263. The van der Waals surface area contributed by atoms with Crippen LogP contribution in [0.25, 0.3) is 0 Å². The van der Waals surface area contributed by atoms with E-state index in [1.807, 2.05) is 0 Å². The van der Waals surface area contributed by atoms with Crippen LogP contribution in [0.2, 0.25) is 0 Å². The molecule has 1 saturated heterocycles. The van der Waals surface area contributed by atoms with Crippen molar-refractivity contribution < 1.29 is 31.5 Å². The highest BCUT2D eigenvalue weighted by Crippen LogP contribution is 2.34. The van der Waals surface area contributed by atoms with Gasteiger partial charge in [-0.3, -0.25) is 9.59 Å². The van der Waals surface area contributed by atoms with Gasteiger partial charge in [-0.15, -0.1) is 0 Å².